The van der Waals surface area contributed by atoms with Crippen LogP contribution in [-0.2, 0) is 11.0 Å². The lowest BCUT2D eigenvalue weighted by Crippen LogP contribution is -2.15. The van der Waals surface area contributed by atoms with E-state index in [1.165, 1.54) is 12.1 Å². The quantitative estimate of drug-likeness (QED) is 0.737. The van der Waals surface area contributed by atoms with Gasteiger partial charge in [0.2, 0.25) is 5.91 Å². The number of rotatable bonds is 4. The highest BCUT2D eigenvalue weighted by atomic mass is 35.5. The fraction of sp³-hybridized carbons (Fsp3) is 0.235. The molecule has 1 aromatic heterocycles. The molecule has 1 aromatic carbocycles. The number of nitriles is 1. The Labute approximate surface area is 157 Å². The van der Waals surface area contributed by atoms with Gasteiger partial charge in [0.05, 0.1) is 27.6 Å². The number of alkyl halides is 3. The van der Waals surface area contributed by atoms with E-state index in [2.05, 4.69) is 10.3 Å². The molecule has 0 radical (unpaired) electrons. The van der Waals surface area contributed by atoms with Gasteiger partial charge in [0.25, 0.3) is 0 Å². The van der Waals surface area contributed by atoms with Crippen molar-refractivity contribution in [1.29, 1.82) is 5.26 Å². The number of nitrogens with zero attached hydrogens (tertiary/aromatic N) is 2. The Morgan fingerprint density at radius 1 is 1.38 bits per heavy atom. The first-order chi connectivity index (χ1) is 12.1. The van der Waals surface area contributed by atoms with E-state index in [-0.39, 0.29) is 17.0 Å². The number of carbonyl (C=O) groups is 1. The minimum atomic E-state index is -4.49. The maximum absolute atomic E-state index is 12.7. The molecule has 4 nitrogen and oxygen atoms in total. The standard InChI is InChI=1S/C17H13ClF3N3OS/c1-9-13(7-22)16(23-10(2)15(9)18)26-8-14(25)24-12-5-3-4-11(6-12)17(19,20)21/h3-6H,8H2,1-2H3,(H,24,25). The van der Waals surface area contributed by atoms with Crippen LogP contribution in [0.1, 0.15) is 22.4 Å². The average molecular weight is 400 g/mol. The molecule has 0 aliphatic heterocycles. The Hall–Kier alpha value is -2.24. The number of carbonyl (C=O) groups excluding carboxylic acids is 1. The van der Waals surface area contributed by atoms with Crippen molar-refractivity contribution in [2.75, 3.05) is 11.1 Å². The van der Waals surface area contributed by atoms with Gasteiger partial charge in [-0.3, -0.25) is 4.79 Å². The third-order valence-electron chi connectivity index (χ3n) is 3.43. The molecule has 0 aliphatic carbocycles. The molecule has 0 spiro atoms. The zero-order valence-electron chi connectivity index (χ0n) is 13.7. The summed E-state index contributed by atoms with van der Waals surface area (Å²) in [6.45, 7) is 3.37. The number of benzene rings is 1. The van der Waals surface area contributed by atoms with Crippen molar-refractivity contribution in [2.24, 2.45) is 0 Å². The van der Waals surface area contributed by atoms with E-state index in [4.69, 9.17) is 11.6 Å². The number of nitrogens with one attached hydrogen (secondary N) is 1. The maximum Gasteiger partial charge on any atom is 0.416 e. The maximum atomic E-state index is 12.7. The first kappa shape index (κ1) is 20.1. The van der Waals surface area contributed by atoms with Crippen molar-refractivity contribution < 1.29 is 18.0 Å². The Kier molecular flexibility index (Phi) is 6.16. The van der Waals surface area contributed by atoms with Gasteiger partial charge < -0.3 is 5.32 Å². The number of amides is 1. The van der Waals surface area contributed by atoms with Crippen LogP contribution in [0.4, 0.5) is 18.9 Å². The number of aromatic nitrogens is 1. The number of halogens is 4. The van der Waals surface area contributed by atoms with Crippen LogP contribution in [-0.4, -0.2) is 16.6 Å². The Morgan fingerprint density at radius 2 is 2.08 bits per heavy atom. The molecule has 0 saturated heterocycles. The fourth-order valence-electron chi connectivity index (χ4n) is 2.14. The Morgan fingerprint density at radius 3 is 2.69 bits per heavy atom. The zero-order valence-corrected chi connectivity index (χ0v) is 15.3. The summed E-state index contributed by atoms with van der Waals surface area (Å²) in [4.78, 5) is 16.2. The summed E-state index contributed by atoms with van der Waals surface area (Å²) < 4.78 is 38.1. The van der Waals surface area contributed by atoms with E-state index in [1.54, 1.807) is 13.8 Å². The van der Waals surface area contributed by atoms with Crippen LogP contribution in [0, 0.1) is 25.2 Å². The van der Waals surface area contributed by atoms with Crippen molar-refractivity contribution in [3.8, 4) is 6.07 Å². The molecular formula is C17H13ClF3N3OS. The van der Waals surface area contributed by atoms with Gasteiger partial charge in [-0.05, 0) is 37.6 Å². The van der Waals surface area contributed by atoms with Gasteiger partial charge in [-0.1, -0.05) is 29.4 Å². The molecule has 1 heterocycles. The molecular weight excluding hydrogens is 387 g/mol. The van der Waals surface area contributed by atoms with Gasteiger partial charge in [0, 0.05) is 5.69 Å². The second-order valence-electron chi connectivity index (χ2n) is 5.34. The number of pyridine rings is 1. The largest absolute Gasteiger partial charge is 0.416 e. The number of hydrogen-bond acceptors (Lipinski definition) is 4. The van der Waals surface area contributed by atoms with Crippen LogP contribution in [0.2, 0.25) is 5.02 Å². The summed E-state index contributed by atoms with van der Waals surface area (Å²) >= 11 is 7.08. The summed E-state index contributed by atoms with van der Waals surface area (Å²) in [5.74, 6) is -0.622. The van der Waals surface area contributed by atoms with Crippen LogP contribution >= 0.6 is 23.4 Å². The number of anilines is 1. The van der Waals surface area contributed by atoms with Gasteiger partial charge in [-0.15, -0.1) is 0 Å². The normalized spacial score (nSPS) is 11.1. The van der Waals surface area contributed by atoms with Gasteiger partial charge >= 0.3 is 6.18 Å². The number of thioether (sulfide) groups is 1. The van der Waals surface area contributed by atoms with E-state index in [1.807, 2.05) is 6.07 Å². The highest BCUT2D eigenvalue weighted by molar-refractivity contribution is 8.00. The molecule has 2 rings (SSSR count). The highest BCUT2D eigenvalue weighted by Gasteiger charge is 2.30. The summed E-state index contributed by atoms with van der Waals surface area (Å²) in [6, 6.07) is 6.37. The smallest absolute Gasteiger partial charge is 0.325 e. The third kappa shape index (κ3) is 4.68. The SMILES string of the molecule is Cc1nc(SCC(=O)Nc2cccc(C(F)(F)F)c2)c(C#N)c(C)c1Cl. The molecule has 1 amide bonds. The lowest BCUT2D eigenvalue weighted by atomic mass is 10.1. The third-order valence-corrected chi connectivity index (χ3v) is 4.96. The number of hydrogen-bond donors (Lipinski definition) is 1. The predicted molar refractivity (Wildman–Crippen MR) is 94.2 cm³/mol. The molecule has 0 atom stereocenters. The van der Waals surface area contributed by atoms with Crippen LogP contribution in [0.5, 0.6) is 0 Å². The Bertz CT molecular complexity index is 894. The first-order valence-electron chi connectivity index (χ1n) is 7.30. The molecule has 0 unspecified atom stereocenters. The van der Waals surface area contributed by atoms with E-state index < -0.39 is 17.6 Å². The van der Waals surface area contributed by atoms with Crippen molar-refractivity contribution in [2.45, 2.75) is 25.0 Å². The molecule has 9 heteroatoms. The van der Waals surface area contributed by atoms with E-state index in [9.17, 15) is 23.2 Å². The topological polar surface area (TPSA) is 65.8 Å². The predicted octanol–water partition coefficient (Wildman–Crippen LogP) is 4.97. The molecule has 0 aliphatic rings. The summed E-state index contributed by atoms with van der Waals surface area (Å²) in [5.41, 5.74) is 0.576. The van der Waals surface area contributed by atoms with Gasteiger partial charge in [-0.25, -0.2) is 4.98 Å². The van der Waals surface area contributed by atoms with Crippen LogP contribution in [0.25, 0.3) is 0 Å². The zero-order chi connectivity index (χ0) is 19.5. The minimum absolute atomic E-state index is 0.0439. The minimum Gasteiger partial charge on any atom is -0.325 e. The molecule has 0 fully saturated rings. The van der Waals surface area contributed by atoms with Crippen LogP contribution in [0.3, 0.4) is 0 Å². The Balaban J connectivity index is 2.10. The average Bonchev–Trinajstić information content (AvgIpc) is 2.57. The van der Waals surface area contributed by atoms with Crippen molar-refractivity contribution in [3.63, 3.8) is 0 Å². The van der Waals surface area contributed by atoms with Crippen molar-refractivity contribution in [3.05, 3.63) is 51.7 Å². The lowest BCUT2D eigenvalue weighted by Gasteiger charge is -2.11. The number of aryl methyl sites for hydroxylation is 1. The first-order valence-corrected chi connectivity index (χ1v) is 8.66. The second kappa shape index (κ2) is 7.98. The monoisotopic (exact) mass is 399 g/mol. The van der Waals surface area contributed by atoms with Crippen molar-refractivity contribution in [1.82, 2.24) is 4.98 Å². The molecule has 0 saturated carbocycles. The fourth-order valence-corrected chi connectivity index (χ4v) is 3.16. The molecule has 2 aromatic rings. The summed E-state index contributed by atoms with van der Waals surface area (Å²) in [6.07, 6.45) is -4.49. The highest BCUT2D eigenvalue weighted by Crippen LogP contribution is 2.31. The van der Waals surface area contributed by atoms with E-state index in [0.717, 1.165) is 23.9 Å². The molecule has 26 heavy (non-hydrogen) atoms. The molecule has 1 N–H and O–H groups in total. The van der Waals surface area contributed by atoms with Crippen LogP contribution < -0.4 is 5.32 Å². The van der Waals surface area contributed by atoms with Crippen LogP contribution in [0.15, 0.2) is 29.3 Å². The van der Waals surface area contributed by atoms with Gasteiger partial charge in [-0.2, -0.15) is 18.4 Å². The van der Waals surface area contributed by atoms with Crippen molar-refractivity contribution >= 4 is 35.0 Å². The summed E-state index contributed by atoms with van der Waals surface area (Å²) in [7, 11) is 0. The molecule has 0 bridgehead atoms. The van der Waals surface area contributed by atoms with E-state index >= 15 is 0 Å². The lowest BCUT2D eigenvalue weighted by molar-refractivity contribution is -0.137. The van der Waals surface area contributed by atoms with Gasteiger partial charge in [0.15, 0.2) is 0 Å². The summed E-state index contributed by atoms with van der Waals surface area (Å²) in [5, 5.41) is 12.4. The second-order valence-corrected chi connectivity index (χ2v) is 6.69. The van der Waals surface area contributed by atoms with E-state index in [0.29, 0.717) is 21.3 Å². The molecule has 136 valence electrons. The van der Waals surface area contributed by atoms with Gasteiger partial charge in [0.1, 0.15) is 11.1 Å².